The summed E-state index contributed by atoms with van der Waals surface area (Å²) >= 11 is 0. The molecule has 0 saturated carbocycles. The van der Waals surface area contributed by atoms with E-state index in [0.29, 0.717) is 17.0 Å². The van der Waals surface area contributed by atoms with E-state index in [0.717, 1.165) is 67.6 Å². The molecule has 33 heavy (non-hydrogen) atoms. The molecular weight excluding hydrogens is 417 g/mol. The minimum Gasteiger partial charge on any atom is -0.369 e. The average molecular weight is 442 g/mol. The van der Waals surface area contributed by atoms with Crippen molar-refractivity contribution in [3.63, 3.8) is 0 Å². The molecule has 8 heteroatoms. The molecule has 2 aromatic rings. The third kappa shape index (κ3) is 3.72. The molecule has 4 aliphatic heterocycles. The Kier molecular flexibility index (Phi) is 4.99. The van der Waals surface area contributed by atoms with E-state index < -0.39 is 0 Å². The van der Waals surface area contributed by atoms with Gasteiger partial charge in [-0.3, -0.25) is 0 Å². The summed E-state index contributed by atoms with van der Waals surface area (Å²) in [4.78, 5) is 15.7. The van der Waals surface area contributed by atoms with Crippen molar-refractivity contribution in [1.29, 1.82) is 0 Å². The minimum atomic E-state index is -0.272. The molecule has 0 bridgehead atoms. The van der Waals surface area contributed by atoms with Crippen molar-refractivity contribution in [1.82, 2.24) is 19.9 Å². The summed E-state index contributed by atoms with van der Waals surface area (Å²) in [6.07, 6.45) is 1.80. The number of hydrogen-bond acceptors (Lipinski definition) is 6. The van der Waals surface area contributed by atoms with Crippen molar-refractivity contribution in [2.45, 2.75) is 6.54 Å². The molecule has 0 radical (unpaired) electrons. The van der Waals surface area contributed by atoms with Gasteiger partial charge in [0.15, 0.2) is 0 Å². The van der Waals surface area contributed by atoms with Gasteiger partial charge < -0.3 is 20.1 Å². The first-order chi connectivity index (χ1) is 16.3. The summed E-state index contributed by atoms with van der Waals surface area (Å²) in [5, 5.41) is 6.77. The predicted octanol–water partition coefficient (Wildman–Crippen LogP) is 3.26. The molecular formula is C25H24FN7. The maximum Gasteiger partial charge on any atom is 0.251 e. The number of anilines is 2. The van der Waals surface area contributed by atoms with Gasteiger partial charge in [0.2, 0.25) is 0 Å². The SMILES string of the molecule is Fc1cc(N=c2ncc3cc(-c4ccccc4)c4n(c-3n2)CCN4)ccc1N1CCNCC1. The minimum absolute atomic E-state index is 0.272. The molecule has 1 saturated heterocycles. The van der Waals surface area contributed by atoms with Crippen LogP contribution in [0.1, 0.15) is 0 Å². The number of halogens is 1. The number of nitrogens with zero attached hydrogens (tertiary/aromatic N) is 5. The molecule has 2 aromatic carbocycles. The second-order valence-corrected chi connectivity index (χ2v) is 8.28. The highest BCUT2D eigenvalue weighted by atomic mass is 19.1. The van der Waals surface area contributed by atoms with Gasteiger partial charge in [-0.25, -0.2) is 14.4 Å². The highest BCUT2D eigenvalue weighted by Gasteiger charge is 2.22. The second kappa shape index (κ2) is 8.29. The number of benzene rings is 2. The fourth-order valence-electron chi connectivity index (χ4n) is 4.60. The standard InChI is InChI=1S/C25H24FN7/c26-21-15-19(6-7-22(21)32-11-8-27-9-12-32)30-25-29-16-18-14-20(17-4-2-1-3-5-17)24-28-10-13-33(24)23(18)31-25/h1-7,14-16,27-28H,8-13H2. The molecule has 0 aliphatic carbocycles. The van der Waals surface area contributed by atoms with Crippen LogP contribution in [0.2, 0.25) is 0 Å². The molecule has 0 unspecified atom stereocenters. The normalized spacial score (nSPS) is 16.2. The fraction of sp³-hybridized carbons (Fsp3) is 0.240. The maximum atomic E-state index is 14.8. The van der Waals surface area contributed by atoms with Crippen LogP contribution in [0.3, 0.4) is 0 Å². The Hall–Kier alpha value is -3.78. The summed E-state index contributed by atoms with van der Waals surface area (Å²) in [7, 11) is 0. The van der Waals surface area contributed by atoms with Gasteiger partial charge in [0.05, 0.1) is 11.4 Å². The van der Waals surface area contributed by atoms with Crippen molar-refractivity contribution in [3.05, 3.63) is 72.2 Å². The monoisotopic (exact) mass is 441 g/mol. The van der Waals surface area contributed by atoms with Crippen molar-refractivity contribution in [2.24, 2.45) is 4.99 Å². The van der Waals surface area contributed by atoms with E-state index >= 15 is 0 Å². The number of piperazine rings is 1. The lowest BCUT2D eigenvalue weighted by molar-refractivity contribution is 0.566. The zero-order valence-corrected chi connectivity index (χ0v) is 18.1. The van der Waals surface area contributed by atoms with E-state index in [9.17, 15) is 4.39 Å². The Balaban J connectivity index is 1.39. The number of aromatic nitrogens is 3. The van der Waals surface area contributed by atoms with Crippen LogP contribution >= 0.6 is 0 Å². The molecule has 0 spiro atoms. The molecule has 0 atom stereocenters. The van der Waals surface area contributed by atoms with Crippen molar-refractivity contribution in [2.75, 3.05) is 42.9 Å². The Morgan fingerprint density at radius 1 is 0.909 bits per heavy atom. The molecule has 1 fully saturated rings. The Bertz CT molecular complexity index is 1340. The summed E-state index contributed by atoms with van der Waals surface area (Å²) in [5.41, 5.74) is 4.66. The summed E-state index contributed by atoms with van der Waals surface area (Å²) < 4.78 is 17.0. The molecule has 2 N–H and O–H groups in total. The molecule has 166 valence electrons. The van der Waals surface area contributed by atoms with Gasteiger partial charge in [-0.15, -0.1) is 0 Å². The van der Waals surface area contributed by atoms with Crippen LogP contribution in [0.15, 0.2) is 65.8 Å². The zero-order valence-electron chi connectivity index (χ0n) is 18.1. The largest absolute Gasteiger partial charge is 0.369 e. The second-order valence-electron chi connectivity index (χ2n) is 8.28. The van der Waals surface area contributed by atoms with E-state index in [-0.39, 0.29) is 5.82 Å². The molecule has 0 amide bonds. The van der Waals surface area contributed by atoms with E-state index in [1.807, 2.05) is 24.3 Å². The van der Waals surface area contributed by atoms with E-state index in [4.69, 9.17) is 4.98 Å². The lowest BCUT2D eigenvalue weighted by Crippen LogP contribution is -2.43. The van der Waals surface area contributed by atoms with Gasteiger partial charge in [0, 0.05) is 62.7 Å². The van der Waals surface area contributed by atoms with Crippen LogP contribution < -0.4 is 21.2 Å². The average Bonchev–Trinajstić information content (AvgIpc) is 3.35. The number of pyridine rings is 1. The number of nitrogens with one attached hydrogen (secondary N) is 2. The van der Waals surface area contributed by atoms with Crippen molar-refractivity contribution in [3.8, 4) is 22.5 Å². The Morgan fingerprint density at radius 3 is 2.58 bits per heavy atom. The van der Waals surface area contributed by atoms with Crippen LogP contribution in [0.25, 0.3) is 22.5 Å². The van der Waals surface area contributed by atoms with E-state index in [1.54, 1.807) is 12.3 Å². The molecule has 4 heterocycles. The Labute approximate surface area is 191 Å². The summed E-state index contributed by atoms with van der Waals surface area (Å²) in [6.45, 7) is 4.97. The highest BCUT2D eigenvalue weighted by Crippen LogP contribution is 2.36. The third-order valence-corrected chi connectivity index (χ3v) is 6.19. The smallest absolute Gasteiger partial charge is 0.251 e. The quantitative estimate of drug-likeness (QED) is 0.511. The first kappa shape index (κ1) is 19.9. The van der Waals surface area contributed by atoms with Gasteiger partial charge >= 0.3 is 0 Å². The van der Waals surface area contributed by atoms with Crippen LogP contribution in [-0.2, 0) is 6.54 Å². The lowest BCUT2D eigenvalue weighted by atomic mass is 10.0. The Morgan fingerprint density at radius 2 is 1.76 bits per heavy atom. The van der Waals surface area contributed by atoms with E-state index in [2.05, 4.69) is 48.3 Å². The number of rotatable bonds is 3. The molecule has 7 nitrogen and oxygen atoms in total. The van der Waals surface area contributed by atoms with Crippen LogP contribution in [0.5, 0.6) is 0 Å². The van der Waals surface area contributed by atoms with Crippen LogP contribution in [0.4, 0.5) is 21.6 Å². The fourth-order valence-corrected chi connectivity index (χ4v) is 4.60. The van der Waals surface area contributed by atoms with Gasteiger partial charge in [-0.05, 0) is 23.8 Å². The molecule has 6 rings (SSSR count). The number of fused-ring (bicyclic) bond motifs is 3. The van der Waals surface area contributed by atoms with Crippen molar-refractivity contribution < 1.29 is 4.39 Å². The maximum absolute atomic E-state index is 14.8. The zero-order chi connectivity index (χ0) is 22.2. The first-order valence-electron chi connectivity index (χ1n) is 11.3. The van der Waals surface area contributed by atoms with Crippen molar-refractivity contribution >= 4 is 17.2 Å². The summed E-state index contributed by atoms with van der Waals surface area (Å²) in [6, 6.07) is 17.5. The highest BCUT2D eigenvalue weighted by molar-refractivity contribution is 5.82. The van der Waals surface area contributed by atoms with Gasteiger partial charge in [0.25, 0.3) is 5.62 Å². The van der Waals surface area contributed by atoms with E-state index in [1.165, 1.54) is 6.07 Å². The van der Waals surface area contributed by atoms with Gasteiger partial charge in [-0.1, -0.05) is 30.3 Å². The topological polar surface area (TPSA) is 70.4 Å². The van der Waals surface area contributed by atoms with Crippen LogP contribution in [-0.4, -0.2) is 47.3 Å². The third-order valence-electron chi connectivity index (χ3n) is 6.19. The molecule has 4 aliphatic rings. The predicted molar refractivity (Wildman–Crippen MR) is 127 cm³/mol. The number of hydrogen-bond donors (Lipinski definition) is 2. The molecule has 0 aromatic heterocycles. The lowest BCUT2D eigenvalue weighted by Gasteiger charge is -2.29. The van der Waals surface area contributed by atoms with Crippen LogP contribution in [0, 0.1) is 5.82 Å². The van der Waals surface area contributed by atoms with Gasteiger partial charge in [-0.2, -0.15) is 4.98 Å². The first-order valence-corrected chi connectivity index (χ1v) is 11.3. The summed E-state index contributed by atoms with van der Waals surface area (Å²) in [5.74, 6) is 1.59. The van der Waals surface area contributed by atoms with Gasteiger partial charge in [0.1, 0.15) is 17.5 Å².